The number of anilines is 3. The molecule has 1 heterocycles. The van der Waals surface area contributed by atoms with Crippen LogP contribution in [0.5, 0.6) is 5.75 Å². The Morgan fingerprint density at radius 3 is 2.67 bits per heavy atom. The average Bonchev–Trinajstić information content (AvgIpc) is 3.17. The number of halogens is 2. The molecule has 2 N–H and O–H groups in total. The Morgan fingerprint density at radius 1 is 1.09 bits per heavy atom. The number of carbonyl (C=O) groups excluding carboxylic acids is 2. The second-order valence-corrected chi connectivity index (χ2v) is 8.50. The minimum absolute atomic E-state index is 0.0446. The van der Waals surface area contributed by atoms with Crippen LogP contribution >= 0.6 is 11.8 Å². The normalized spacial score (nSPS) is 15.5. The molecule has 9 heteroatoms. The number of rotatable bonds is 5. The Hall–Kier alpha value is -3.59. The van der Waals surface area contributed by atoms with Gasteiger partial charge in [0.1, 0.15) is 22.8 Å². The van der Waals surface area contributed by atoms with Crippen molar-refractivity contribution in [2.45, 2.75) is 12.3 Å². The van der Waals surface area contributed by atoms with E-state index in [1.807, 2.05) is 31.2 Å². The number of thioether (sulfide) groups is 1. The maximum atomic E-state index is 13.8. The molecule has 0 aliphatic carbocycles. The third-order valence-corrected chi connectivity index (χ3v) is 6.28. The van der Waals surface area contributed by atoms with E-state index in [0.29, 0.717) is 28.9 Å². The van der Waals surface area contributed by atoms with Crippen molar-refractivity contribution in [3.63, 3.8) is 0 Å². The standard InChI is InChI=1S/C24H21F2N3O3S/c1-14-6-9-21(32-2)20(10-14)29-22(30)13-33-23(29)15-4-3-5-17(11-15)27-24(31)28-19-8-7-16(25)12-18(19)26/h3-12,23H,13H2,1-2H3,(H2,27,28,31)/t23-/m0/s1. The van der Waals surface area contributed by atoms with Crippen LogP contribution in [0.3, 0.4) is 0 Å². The minimum atomic E-state index is -0.873. The van der Waals surface area contributed by atoms with Crippen molar-refractivity contribution in [3.05, 3.63) is 83.4 Å². The Labute approximate surface area is 193 Å². The zero-order valence-corrected chi connectivity index (χ0v) is 18.7. The fraction of sp³-hybridized carbons (Fsp3) is 0.167. The molecule has 0 unspecified atom stereocenters. The van der Waals surface area contributed by atoms with E-state index in [1.54, 1.807) is 30.2 Å². The van der Waals surface area contributed by atoms with Gasteiger partial charge in [0.15, 0.2) is 0 Å². The molecule has 1 atom stereocenters. The number of nitrogens with zero attached hydrogens (tertiary/aromatic N) is 1. The topological polar surface area (TPSA) is 70.7 Å². The third kappa shape index (κ3) is 4.93. The first-order valence-electron chi connectivity index (χ1n) is 10.1. The monoisotopic (exact) mass is 469 g/mol. The molecule has 1 fully saturated rings. The Morgan fingerprint density at radius 2 is 1.91 bits per heavy atom. The van der Waals surface area contributed by atoms with Crippen LogP contribution in [-0.4, -0.2) is 24.8 Å². The lowest BCUT2D eigenvalue weighted by Crippen LogP contribution is -2.28. The number of methoxy groups -OCH3 is 1. The number of urea groups is 1. The summed E-state index contributed by atoms with van der Waals surface area (Å²) in [4.78, 5) is 26.8. The van der Waals surface area contributed by atoms with E-state index in [1.165, 1.54) is 11.8 Å². The SMILES string of the molecule is COc1ccc(C)cc1N1C(=O)CS[C@H]1c1cccc(NC(=O)Nc2ccc(F)cc2F)c1. The van der Waals surface area contributed by atoms with Crippen LogP contribution in [0.15, 0.2) is 60.7 Å². The molecule has 1 saturated heterocycles. The number of hydrogen-bond acceptors (Lipinski definition) is 4. The van der Waals surface area contributed by atoms with Gasteiger partial charge in [0.05, 0.1) is 24.2 Å². The van der Waals surface area contributed by atoms with Crippen molar-refractivity contribution < 1.29 is 23.1 Å². The summed E-state index contributed by atoms with van der Waals surface area (Å²) in [6.45, 7) is 1.94. The molecule has 0 radical (unpaired) electrons. The molecule has 170 valence electrons. The molecule has 0 saturated carbocycles. The zero-order valence-electron chi connectivity index (χ0n) is 17.9. The Balaban J connectivity index is 1.56. The fourth-order valence-corrected chi connectivity index (χ4v) is 4.72. The number of aryl methyl sites for hydroxylation is 1. The molecular formula is C24H21F2N3O3S. The summed E-state index contributed by atoms with van der Waals surface area (Å²) in [7, 11) is 1.56. The first-order valence-corrected chi connectivity index (χ1v) is 11.1. The lowest BCUT2D eigenvalue weighted by molar-refractivity contribution is -0.115. The van der Waals surface area contributed by atoms with Gasteiger partial charge < -0.3 is 15.4 Å². The van der Waals surface area contributed by atoms with E-state index in [0.717, 1.165) is 23.3 Å². The summed E-state index contributed by atoms with van der Waals surface area (Å²) in [5.41, 5.74) is 2.80. The first-order chi connectivity index (χ1) is 15.9. The summed E-state index contributed by atoms with van der Waals surface area (Å²) < 4.78 is 32.4. The lowest BCUT2D eigenvalue weighted by atomic mass is 10.1. The molecule has 1 aliphatic rings. The van der Waals surface area contributed by atoms with Gasteiger partial charge in [0.2, 0.25) is 5.91 Å². The van der Waals surface area contributed by atoms with Crippen LogP contribution in [-0.2, 0) is 4.79 Å². The van der Waals surface area contributed by atoms with Gasteiger partial charge in [-0.25, -0.2) is 13.6 Å². The predicted octanol–water partition coefficient (Wildman–Crippen LogP) is 5.70. The second kappa shape index (κ2) is 9.50. The Kier molecular flexibility index (Phi) is 6.50. The number of amides is 3. The number of carbonyl (C=O) groups is 2. The van der Waals surface area contributed by atoms with Crippen molar-refractivity contribution >= 4 is 40.8 Å². The van der Waals surface area contributed by atoms with Gasteiger partial charge in [-0.2, -0.15) is 0 Å². The van der Waals surface area contributed by atoms with Crippen LogP contribution in [0.4, 0.5) is 30.6 Å². The number of ether oxygens (including phenoxy) is 1. The van der Waals surface area contributed by atoms with E-state index >= 15 is 0 Å². The van der Waals surface area contributed by atoms with Crippen LogP contribution in [0.1, 0.15) is 16.5 Å². The molecule has 0 spiro atoms. The highest BCUT2D eigenvalue weighted by molar-refractivity contribution is 8.00. The van der Waals surface area contributed by atoms with Gasteiger partial charge in [-0.05, 0) is 54.4 Å². The van der Waals surface area contributed by atoms with Crippen molar-refractivity contribution in [2.75, 3.05) is 28.4 Å². The molecule has 4 rings (SSSR count). The van der Waals surface area contributed by atoms with Gasteiger partial charge in [-0.15, -0.1) is 11.8 Å². The molecule has 1 aliphatic heterocycles. The highest BCUT2D eigenvalue weighted by Gasteiger charge is 2.35. The quantitative estimate of drug-likeness (QED) is 0.503. The summed E-state index contributed by atoms with van der Waals surface area (Å²) >= 11 is 1.47. The zero-order chi connectivity index (χ0) is 23.5. The summed E-state index contributed by atoms with van der Waals surface area (Å²) in [6.07, 6.45) is 0. The van der Waals surface area contributed by atoms with Crippen LogP contribution in [0, 0.1) is 18.6 Å². The first kappa shape index (κ1) is 22.6. The number of benzene rings is 3. The number of hydrogen-bond donors (Lipinski definition) is 2. The van der Waals surface area contributed by atoms with Gasteiger partial charge in [-0.3, -0.25) is 9.69 Å². The smallest absolute Gasteiger partial charge is 0.323 e. The molecule has 0 aromatic heterocycles. The minimum Gasteiger partial charge on any atom is -0.495 e. The van der Waals surface area contributed by atoms with E-state index in [9.17, 15) is 18.4 Å². The maximum Gasteiger partial charge on any atom is 0.323 e. The molecule has 3 aromatic rings. The summed E-state index contributed by atoms with van der Waals surface area (Å²) in [5, 5.41) is 4.69. The molecule has 3 aromatic carbocycles. The number of nitrogens with one attached hydrogen (secondary N) is 2. The summed E-state index contributed by atoms with van der Waals surface area (Å²) in [5.74, 6) is -0.746. The van der Waals surface area contributed by atoms with Crippen LogP contribution < -0.4 is 20.3 Å². The van der Waals surface area contributed by atoms with Gasteiger partial charge in [-0.1, -0.05) is 18.2 Å². The van der Waals surface area contributed by atoms with Crippen molar-refractivity contribution in [2.24, 2.45) is 0 Å². The predicted molar refractivity (Wildman–Crippen MR) is 126 cm³/mol. The van der Waals surface area contributed by atoms with E-state index < -0.39 is 17.7 Å². The highest BCUT2D eigenvalue weighted by Crippen LogP contribution is 2.45. The highest BCUT2D eigenvalue weighted by atomic mass is 32.2. The van der Waals surface area contributed by atoms with E-state index in [2.05, 4.69) is 10.6 Å². The van der Waals surface area contributed by atoms with Crippen molar-refractivity contribution in [1.82, 2.24) is 0 Å². The average molecular weight is 470 g/mol. The van der Waals surface area contributed by atoms with E-state index in [4.69, 9.17) is 4.74 Å². The summed E-state index contributed by atoms with van der Waals surface area (Å²) in [6, 6.07) is 14.9. The largest absolute Gasteiger partial charge is 0.495 e. The Bertz CT molecular complexity index is 1220. The molecule has 6 nitrogen and oxygen atoms in total. The van der Waals surface area contributed by atoms with Crippen LogP contribution in [0.2, 0.25) is 0 Å². The van der Waals surface area contributed by atoms with Crippen molar-refractivity contribution in [1.29, 1.82) is 0 Å². The molecular weight excluding hydrogens is 448 g/mol. The van der Waals surface area contributed by atoms with Gasteiger partial charge in [0, 0.05) is 11.8 Å². The maximum absolute atomic E-state index is 13.8. The van der Waals surface area contributed by atoms with Crippen molar-refractivity contribution in [3.8, 4) is 5.75 Å². The molecule has 0 bridgehead atoms. The molecule has 33 heavy (non-hydrogen) atoms. The third-order valence-electron chi connectivity index (χ3n) is 5.07. The van der Waals surface area contributed by atoms with Gasteiger partial charge in [0.25, 0.3) is 0 Å². The van der Waals surface area contributed by atoms with Gasteiger partial charge >= 0.3 is 6.03 Å². The second-order valence-electron chi connectivity index (χ2n) is 7.43. The van der Waals surface area contributed by atoms with Crippen LogP contribution in [0.25, 0.3) is 0 Å². The van der Waals surface area contributed by atoms with E-state index in [-0.39, 0.29) is 17.0 Å². The fourth-order valence-electron chi connectivity index (χ4n) is 3.56. The molecule has 3 amide bonds. The lowest BCUT2D eigenvalue weighted by Gasteiger charge is -2.26.